The van der Waals surface area contributed by atoms with Crippen LogP contribution >= 0.6 is 11.6 Å². The minimum Gasteiger partial charge on any atom is -0.492 e. The first kappa shape index (κ1) is 21.5. The summed E-state index contributed by atoms with van der Waals surface area (Å²) in [5.41, 5.74) is 0. The van der Waals surface area contributed by atoms with Crippen LogP contribution in [0.4, 0.5) is 0 Å². The monoisotopic (exact) mass is 390 g/mol. The third kappa shape index (κ3) is 10.2. The number of benzene rings is 1. The van der Waals surface area contributed by atoms with E-state index >= 15 is 0 Å². The molecule has 0 aliphatic carbocycles. The van der Waals surface area contributed by atoms with E-state index < -0.39 is 10.0 Å². The van der Waals surface area contributed by atoms with E-state index in [0.717, 1.165) is 24.5 Å². The molecule has 0 saturated heterocycles. The summed E-state index contributed by atoms with van der Waals surface area (Å²) in [5, 5.41) is 3.89. The minimum absolute atomic E-state index is 0.380. The Balaban J connectivity index is 2.39. The van der Waals surface area contributed by atoms with Gasteiger partial charge in [-0.05, 0) is 37.6 Å². The summed E-state index contributed by atoms with van der Waals surface area (Å²) < 4.78 is 30.1. The van der Waals surface area contributed by atoms with Crippen molar-refractivity contribution in [1.82, 2.24) is 14.9 Å². The van der Waals surface area contributed by atoms with Gasteiger partial charge in [-0.15, -0.1) is 0 Å². The Morgan fingerprint density at radius 2 is 2.00 bits per heavy atom. The third-order valence-corrected chi connectivity index (χ3v) is 4.15. The molecule has 1 aromatic carbocycles. The van der Waals surface area contributed by atoms with Crippen molar-refractivity contribution in [3.05, 3.63) is 29.3 Å². The lowest BCUT2D eigenvalue weighted by Crippen LogP contribution is -2.41. The van der Waals surface area contributed by atoms with Crippen LogP contribution in [0.3, 0.4) is 0 Å². The molecule has 25 heavy (non-hydrogen) atoms. The van der Waals surface area contributed by atoms with Crippen molar-refractivity contribution in [1.29, 1.82) is 0 Å². The molecule has 9 heteroatoms. The zero-order chi connectivity index (χ0) is 18.7. The topological polar surface area (TPSA) is 83.0 Å². The van der Waals surface area contributed by atoms with Crippen LogP contribution in [0.25, 0.3) is 0 Å². The molecule has 0 amide bonds. The van der Waals surface area contributed by atoms with Crippen molar-refractivity contribution >= 4 is 27.6 Å². The highest BCUT2D eigenvalue weighted by atomic mass is 35.5. The maximum atomic E-state index is 11.0. The van der Waals surface area contributed by atoms with Crippen LogP contribution in [0.5, 0.6) is 5.75 Å². The molecule has 0 aliphatic heterocycles. The van der Waals surface area contributed by atoms with Crippen LogP contribution in [-0.2, 0) is 10.0 Å². The van der Waals surface area contributed by atoms with Crippen molar-refractivity contribution in [2.45, 2.75) is 13.3 Å². The normalized spacial score (nSPS) is 12.1. The van der Waals surface area contributed by atoms with Gasteiger partial charge in [0.2, 0.25) is 10.0 Å². The second-order valence-electron chi connectivity index (χ2n) is 5.48. The predicted molar refractivity (Wildman–Crippen MR) is 103 cm³/mol. The quantitative estimate of drug-likeness (QED) is 0.360. The number of ether oxygens (including phenoxy) is 1. The van der Waals surface area contributed by atoms with Crippen molar-refractivity contribution in [3.63, 3.8) is 0 Å². The summed E-state index contributed by atoms with van der Waals surface area (Å²) in [6.07, 6.45) is 1.78. The number of nitrogens with zero attached hydrogens (tertiary/aromatic N) is 2. The molecule has 0 bridgehead atoms. The van der Waals surface area contributed by atoms with Gasteiger partial charge < -0.3 is 15.0 Å². The molecule has 0 saturated carbocycles. The Morgan fingerprint density at radius 1 is 1.32 bits per heavy atom. The SMILES string of the molecule is CCNC(=NCCCNS(C)(=O)=O)N(C)CCOc1ccc(Cl)cc1. The fourth-order valence-electron chi connectivity index (χ4n) is 1.93. The summed E-state index contributed by atoms with van der Waals surface area (Å²) in [6.45, 7) is 4.84. The van der Waals surface area contributed by atoms with Crippen molar-refractivity contribution < 1.29 is 13.2 Å². The maximum absolute atomic E-state index is 11.0. The Bertz CT molecular complexity index is 635. The van der Waals surface area contributed by atoms with Gasteiger partial charge >= 0.3 is 0 Å². The average Bonchev–Trinajstić information content (AvgIpc) is 2.54. The van der Waals surface area contributed by atoms with Crippen LogP contribution in [0, 0.1) is 0 Å². The molecular weight excluding hydrogens is 364 g/mol. The van der Waals surface area contributed by atoms with E-state index in [-0.39, 0.29) is 0 Å². The molecule has 1 rings (SSSR count). The van der Waals surface area contributed by atoms with Crippen LogP contribution in [-0.4, -0.2) is 65.4 Å². The fraction of sp³-hybridized carbons (Fsp3) is 0.562. The molecule has 0 radical (unpaired) electrons. The van der Waals surface area contributed by atoms with Gasteiger partial charge in [0.15, 0.2) is 5.96 Å². The Hall–Kier alpha value is -1.51. The lowest BCUT2D eigenvalue weighted by molar-refractivity contribution is 0.281. The molecule has 0 unspecified atom stereocenters. The third-order valence-electron chi connectivity index (χ3n) is 3.17. The summed E-state index contributed by atoms with van der Waals surface area (Å²) in [5.74, 6) is 1.54. The summed E-state index contributed by atoms with van der Waals surface area (Å²) in [4.78, 5) is 6.47. The highest BCUT2D eigenvalue weighted by Gasteiger charge is 2.06. The molecule has 0 atom stereocenters. The van der Waals surface area contributed by atoms with Gasteiger partial charge in [0.05, 0.1) is 12.8 Å². The summed E-state index contributed by atoms with van der Waals surface area (Å²) in [7, 11) is -1.21. The second-order valence-corrected chi connectivity index (χ2v) is 7.75. The highest BCUT2D eigenvalue weighted by Crippen LogP contribution is 2.15. The second kappa shape index (κ2) is 11.2. The number of halogens is 1. The van der Waals surface area contributed by atoms with Gasteiger partial charge in [-0.25, -0.2) is 13.1 Å². The highest BCUT2D eigenvalue weighted by molar-refractivity contribution is 7.88. The average molecular weight is 391 g/mol. The number of rotatable bonds is 10. The van der Waals surface area contributed by atoms with Gasteiger partial charge in [-0.1, -0.05) is 11.6 Å². The number of hydrogen-bond donors (Lipinski definition) is 2. The van der Waals surface area contributed by atoms with E-state index in [9.17, 15) is 8.42 Å². The number of hydrogen-bond acceptors (Lipinski definition) is 4. The van der Waals surface area contributed by atoms with Gasteiger partial charge in [-0.2, -0.15) is 0 Å². The largest absolute Gasteiger partial charge is 0.492 e. The first-order chi connectivity index (χ1) is 11.8. The maximum Gasteiger partial charge on any atom is 0.208 e. The van der Waals surface area contributed by atoms with Crippen molar-refractivity contribution in [3.8, 4) is 5.75 Å². The van der Waals surface area contributed by atoms with Gasteiger partial charge in [0, 0.05) is 31.7 Å². The Morgan fingerprint density at radius 3 is 2.60 bits per heavy atom. The zero-order valence-electron chi connectivity index (χ0n) is 15.0. The number of nitrogens with one attached hydrogen (secondary N) is 2. The number of likely N-dealkylation sites (N-methyl/N-ethyl adjacent to an activating group) is 1. The molecule has 7 nitrogen and oxygen atoms in total. The van der Waals surface area contributed by atoms with E-state index in [2.05, 4.69) is 15.0 Å². The van der Waals surface area contributed by atoms with Gasteiger partial charge in [-0.3, -0.25) is 4.99 Å². The zero-order valence-corrected chi connectivity index (χ0v) is 16.5. The van der Waals surface area contributed by atoms with Crippen LogP contribution < -0.4 is 14.8 Å². The molecule has 0 aromatic heterocycles. The first-order valence-electron chi connectivity index (χ1n) is 8.14. The standard InChI is InChI=1S/C16H27ClN4O3S/c1-4-18-16(19-10-5-11-20-25(3,22)23)21(2)12-13-24-15-8-6-14(17)7-9-15/h6-9,20H,4-5,10-13H2,1-3H3,(H,18,19). The lowest BCUT2D eigenvalue weighted by Gasteiger charge is -2.22. The number of aliphatic imine (C=N–C) groups is 1. The van der Waals surface area contributed by atoms with Crippen LogP contribution in [0.15, 0.2) is 29.3 Å². The Kier molecular flexibility index (Phi) is 9.62. The minimum atomic E-state index is -3.14. The van der Waals surface area contributed by atoms with E-state index in [1.54, 1.807) is 12.1 Å². The lowest BCUT2D eigenvalue weighted by atomic mass is 10.3. The van der Waals surface area contributed by atoms with E-state index in [1.165, 1.54) is 0 Å². The van der Waals surface area contributed by atoms with Gasteiger partial charge in [0.25, 0.3) is 0 Å². The molecular formula is C16H27ClN4O3S. The van der Waals surface area contributed by atoms with Crippen molar-refractivity contribution in [2.75, 3.05) is 46.1 Å². The summed E-state index contributed by atoms with van der Waals surface area (Å²) in [6, 6.07) is 7.24. The van der Waals surface area contributed by atoms with Crippen LogP contribution in [0.1, 0.15) is 13.3 Å². The predicted octanol–water partition coefficient (Wildman–Crippen LogP) is 1.56. The fourth-order valence-corrected chi connectivity index (χ4v) is 2.57. The van der Waals surface area contributed by atoms with Crippen LogP contribution in [0.2, 0.25) is 5.02 Å². The molecule has 0 heterocycles. The first-order valence-corrected chi connectivity index (χ1v) is 10.4. The molecule has 2 N–H and O–H groups in total. The number of sulfonamides is 1. The molecule has 1 aromatic rings. The van der Waals surface area contributed by atoms with Gasteiger partial charge in [0.1, 0.15) is 12.4 Å². The molecule has 142 valence electrons. The molecule has 0 spiro atoms. The van der Waals surface area contributed by atoms with E-state index in [1.807, 2.05) is 31.0 Å². The Labute approximate surface area is 155 Å². The summed E-state index contributed by atoms with van der Waals surface area (Å²) >= 11 is 5.84. The van der Waals surface area contributed by atoms with Crippen molar-refractivity contribution in [2.24, 2.45) is 4.99 Å². The molecule has 0 aliphatic rings. The van der Waals surface area contributed by atoms with E-state index in [4.69, 9.17) is 16.3 Å². The van der Waals surface area contributed by atoms with E-state index in [0.29, 0.717) is 37.7 Å². The number of guanidine groups is 1. The smallest absolute Gasteiger partial charge is 0.208 e. The molecule has 0 fully saturated rings.